The van der Waals surface area contributed by atoms with Crippen molar-refractivity contribution in [3.05, 3.63) is 29.8 Å². The van der Waals surface area contributed by atoms with Crippen molar-refractivity contribution in [1.82, 2.24) is 4.72 Å². The van der Waals surface area contributed by atoms with Crippen LogP contribution in [0.25, 0.3) is 0 Å². The van der Waals surface area contributed by atoms with Gasteiger partial charge in [0.1, 0.15) is 6.04 Å². The number of benzene rings is 1. The lowest BCUT2D eigenvalue weighted by molar-refractivity contribution is -0.909. The van der Waals surface area contributed by atoms with Crippen LogP contribution >= 0.6 is 0 Å². The van der Waals surface area contributed by atoms with E-state index < -0.39 is 10.0 Å². The Kier molecular flexibility index (Phi) is 5.30. The molecule has 1 aliphatic heterocycles. The molecule has 2 atom stereocenters. The third-order valence-electron chi connectivity index (χ3n) is 4.63. The number of likely N-dealkylation sites (tertiary alicyclic amines) is 1. The quantitative estimate of drug-likeness (QED) is 0.858. The number of hydrogen-bond acceptors (Lipinski definition) is 2. The maximum atomic E-state index is 12.4. The van der Waals surface area contributed by atoms with Gasteiger partial charge in [-0.25, -0.2) is 13.1 Å². The molecule has 1 aromatic rings. The van der Waals surface area contributed by atoms with Crippen LogP contribution in [0.1, 0.15) is 46.1 Å². The molecule has 22 heavy (non-hydrogen) atoms. The minimum absolute atomic E-state index is 0.0323. The maximum Gasteiger partial charge on any atom is 0.240 e. The van der Waals surface area contributed by atoms with Gasteiger partial charge in [0.2, 0.25) is 10.0 Å². The van der Waals surface area contributed by atoms with Gasteiger partial charge >= 0.3 is 0 Å². The first-order valence-electron chi connectivity index (χ1n) is 8.19. The SMILES string of the molecule is CC[NH+]1CCC[C@H]1CNS(=O)(=O)c1ccc(C(C)(C)C)cc1. The Balaban J connectivity index is 2.04. The van der Waals surface area contributed by atoms with Gasteiger partial charge in [0.15, 0.2) is 0 Å². The van der Waals surface area contributed by atoms with Crippen molar-refractivity contribution in [3.63, 3.8) is 0 Å². The molecule has 2 N–H and O–H groups in total. The molecule has 0 amide bonds. The second kappa shape index (κ2) is 6.69. The fourth-order valence-corrected chi connectivity index (χ4v) is 4.21. The van der Waals surface area contributed by atoms with Crippen molar-refractivity contribution in [3.8, 4) is 0 Å². The van der Waals surface area contributed by atoms with Gasteiger partial charge in [0.25, 0.3) is 0 Å². The molecule has 0 saturated carbocycles. The molecule has 1 heterocycles. The van der Waals surface area contributed by atoms with Crippen LogP contribution in [0, 0.1) is 0 Å². The van der Waals surface area contributed by atoms with Crippen LogP contribution in [-0.4, -0.2) is 34.1 Å². The van der Waals surface area contributed by atoms with Crippen LogP contribution in [0.5, 0.6) is 0 Å². The van der Waals surface area contributed by atoms with Crippen LogP contribution in [0.3, 0.4) is 0 Å². The zero-order chi connectivity index (χ0) is 16.4. The first kappa shape index (κ1) is 17.4. The summed E-state index contributed by atoms with van der Waals surface area (Å²) in [4.78, 5) is 1.86. The molecule has 0 spiro atoms. The van der Waals surface area contributed by atoms with Crippen LogP contribution in [0.4, 0.5) is 0 Å². The minimum Gasteiger partial charge on any atom is -0.332 e. The highest BCUT2D eigenvalue weighted by molar-refractivity contribution is 7.89. The van der Waals surface area contributed by atoms with Crippen molar-refractivity contribution >= 4 is 10.0 Å². The van der Waals surface area contributed by atoms with E-state index in [4.69, 9.17) is 0 Å². The van der Waals surface area contributed by atoms with E-state index in [2.05, 4.69) is 32.4 Å². The zero-order valence-electron chi connectivity index (χ0n) is 14.1. The predicted molar refractivity (Wildman–Crippen MR) is 89.7 cm³/mol. The molecule has 5 heteroatoms. The van der Waals surface area contributed by atoms with E-state index in [9.17, 15) is 8.42 Å². The molecule has 1 saturated heterocycles. The summed E-state index contributed by atoms with van der Waals surface area (Å²) in [6.07, 6.45) is 2.30. The van der Waals surface area contributed by atoms with E-state index in [0.717, 1.165) is 25.1 Å². The van der Waals surface area contributed by atoms with E-state index in [0.29, 0.717) is 17.5 Å². The lowest BCUT2D eigenvalue weighted by Gasteiger charge is -2.21. The van der Waals surface area contributed by atoms with Gasteiger partial charge in [0, 0.05) is 12.8 Å². The minimum atomic E-state index is -3.40. The van der Waals surface area contributed by atoms with Gasteiger partial charge < -0.3 is 4.90 Å². The van der Waals surface area contributed by atoms with E-state index >= 15 is 0 Å². The number of sulfonamides is 1. The predicted octanol–water partition coefficient (Wildman–Crippen LogP) is 1.33. The molecular weight excluding hydrogens is 296 g/mol. The van der Waals surface area contributed by atoms with Crippen LogP contribution < -0.4 is 9.62 Å². The Bertz CT molecular complexity index is 588. The molecule has 2 rings (SSSR count). The summed E-state index contributed by atoms with van der Waals surface area (Å²) in [6, 6.07) is 7.65. The summed E-state index contributed by atoms with van der Waals surface area (Å²) in [5.41, 5.74) is 1.17. The second-order valence-corrected chi connectivity index (χ2v) is 8.99. The van der Waals surface area contributed by atoms with Gasteiger partial charge in [-0.15, -0.1) is 0 Å². The van der Waals surface area contributed by atoms with Crippen molar-refractivity contribution in [2.24, 2.45) is 0 Å². The Hall–Kier alpha value is -0.910. The van der Waals surface area contributed by atoms with E-state index in [1.165, 1.54) is 11.3 Å². The van der Waals surface area contributed by atoms with Crippen molar-refractivity contribution in [1.29, 1.82) is 0 Å². The summed E-state index contributed by atoms with van der Waals surface area (Å²) in [5.74, 6) is 0. The van der Waals surface area contributed by atoms with Crippen molar-refractivity contribution in [2.45, 2.75) is 56.9 Å². The number of quaternary nitrogens is 1. The van der Waals surface area contributed by atoms with E-state index in [1.54, 1.807) is 12.1 Å². The summed E-state index contributed by atoms with van der Waals surface area (Å²) < 4.78 is 27.6. The summed E-state index contributed by atoms with van der Waals surface area (Å²) in [5, 5.41) is 0. The highest BCUT2D eigenvalue weighted by atomic mass is 32.2. The van der Waals surface area contributed by atoms with Crippen molar-refractivity contribution < 1.29 is 13.3 Å². The number of hydrogen-bond donors (Lipinski definition) is 2. The average molecular weight is 325 g/mol. The summed E-state index contributed by atoms with van der Waals surface area (Å²) in [6.45, 7) is 11.3. The maximum absolute atomic E-state index is 12.4. The summed E-state index contributed by atoms with van der Waals surface area (Å²) in [7, 11) is -3.40. The first-order valence-corrected chi connectivity index (χ1v) is 9.67. The fraction of sp³-hybridized carbons (Fsp3) is 0.647. The third kappa shape index (κ3) is 4.09. The molecule has 1 aromatic carbocycles. The topological polar surface area (TPSA) is 50.6 Å². The van der Waals surface area contributed by atoms with Gasteiger partial charge in [-0.2, -0.15) is 0 Å². The number of nitrogens with one attached hydrogen (secondary N) is 2. The third-order valence-corrected chi connectivity index (χ3v) is 6.07. The van der Waals surface area contributed by atoms with E-state index in [1.807, 2.05) is 12.1 Å². The molecule has 0 radical (unpaired) electrons. The molecule has 1 fully saturated rings. The monoisotopic (exact) mass is 325 g/mol. The molecule has 0 bridgehead atoms. The van der Waals surface area contributed by atoms with E-state index in [-0.39, 0.29) is 5.41 Å². The Morgan fingerprint density at radius 1 is 1.23 bits per heavy atom. The molecular formula is C17H29N2O2S+. The largest absolute Gasteiger partial charge is 0.332 e. The summed E-state index contributed by atoms with van der Waals surface area (Å²) >= 11 is 0. The molecule has 1 aliphatic rings. The van der Waals surface area contributed by atoms with Crippen LogP contribution in [-0.2, 0) is 15.4 Å². The highest BCUT2D eigenvalue weighted by Crippen LogP contribution is 2.23. The smallest absolute Gasteiger partial charge is 0.240 e. The zero-order valence-corrected chi connectivity index (χ0v) is 15.0. The lowest BCUT2D eigenvalue weighted by Crippen LogP contribution is -3.14. The molecule has 4 nitrogen and oxygen atoms in total. The average Bonchev–Trinajstić information content (AvgIpc) is 2.92. The normalized spacial score (nSPS) is 22.9. The van der Waals surface area contributed by atoms with Crippen LogP contribution in [0.15, 0.2) is 29.2 Å². The Morgan fingerprint density at radius 2 is 1.86 bits per heavy atom. The highest BCUT2D eigenvalue weighted by Gasteiger charge is 2.28. The number of likely N-dealkylation sites (N-methyl/N-ethyl adjacent to an activating group) is 1. The second-order valence-electron chi connectivity index (χ2n) is 7.23. The first-order chi connectivity index (χ1) is 10.2. The standard InChI is InChI=1S/C17H28N2O2S/c1-5-19-12-6-7-15(19)13-18-22(20,21)16-10-8-14(9-11-16)17(2,3)4/h8-11,15,18H,5-7,12-13H2,1-4H3/p+1/t15-/m0/s1. The van der Waals surface area contributed by atoms with Gasteiger partial charge in [0.05, 0.1) is 24.5 Å². The van der Waals surface area contributed by atoms with Gasteiger partial charge in [-0.3, -0.25) is 0 Å². The van der Waals surface area contributed by atoms with Crippen LogP contribution in [0.2, 0.25) is 0 Å². The number of rotatable bonds is 5. The Morgan fingerprint density at radius 3 is 2.41 bits per heavy atom. The fourth-order valence-electron chi connectivity index (χ4n) is 3.12. The van der Waals surface area contributed by atoms with Gasteiger partial charge in [-0.1, -0.05) is 32.9 Å². The molecule has 1 unspecified atom stereocenters. The molecule has 0 aliphatic carbocycles. The molecule has 124 valence electrons. The van der Waals surface area contributed by atoms with Gasteiger partial charge in [-0.05, 0) is 30.0 Å². The van der Waals surface area contributed by atoms with Crippen molar-refractivity contribution in [2.75, 3.05) is 19.6 Å². The lowest BCUT2D eigenvalue weighted by atomic mass is 9.87. The molecule has 0 aromatic heterocycles. The Labute approximate surface area is 135 Å².